The van der Waals surface area contributed by atoms with Crippen LogP contribution in [0.2, 0.25) is 0 Å². The molecular weight excluding hydrogens is 402 g/mol. The van der Waals surface area contributed by atoms with Crippen molar-refractivity contribution in [1.29, 1.82) is 0 Å². The minimum Gasteiger partial charge on any atom is -0.503 e. The molecule has 11 nitrogen and oxygen atoms in total. The summed E-state index contributed by atoms with van der Waals surface area (Å²) in [7, 11) is 5.94. The van der Waals surface area contributed by atoms with E-state index in [2.05, 4.69) is 20.6 Å². The number of carbonyl (C=O) groups is 1. The topological polar surface area (TPSA) is 134 Å². The average Bonchev–Trinajstić information content (AvgIpc) is 2.77. The highest BCUT2D eigenvalue weighted by atomic mass is 16.3. The third kappa shape index (κ3) is 4.25. The van der Waals surface area contributed by atoms with Gasteiger partial charge in [0.2, 0.25) is 0 Å². The number of carbonyl (C=O) groups excluding carboxylic acids is 1. The number of benzene rings is 1. The predicted molar refractivity (Wildman–Crippen MR) is 116 cm³/mol. The zero-order valence-electron chi connectivity index (χ0n) is 17.6. The van der Waals surface area contributed by atoms with Gasteiger partial charge in [-0.3, -0.25) is 14.4 Å². The average molecular weight is 425 g/mol. The number of amides is 1. The van der Waals surface area contributed by atoms with Crippen molar-refractivity contribution in [1.82, 2.24) is 24.2 Å². The maximum absolute atomic E-state index is 12.9. The third-order valence-corrected chi connectivity index (χ3v) is 4.70. The maximum atomic E-state index is 12.9. The van der Waals surface area contributed by atoms with Crippen molar-refractivity contribution in [3.63, 3.8) is 0 Å². The summed E-state index contributed by atoms with van der Waals surface area (Å²) in [6.45, 7) is 0.290. The zero-order valence-corrected chi connectivity index (χ0v) is 17.6. The first-order valence-electron chi connectivity index (χ1n) is 9.33. The normalized spacial score (nSPS) is 10.6. The van der Waals surface area contributed by atoms with Crippen LogP contribution >= 0.6 is 0 Å². The molecule has 0 radical (unpaired) electrons. The lowest BCUT2D eigenvalue weighted by Crippen LogP contribution is -2.38. The molecule has 2 heterocycles. The zero-order chi connectivity index (χ0) is 22.7. The lowest BCUT2D eigenvalue weighted by Gasteiger charge is -2.17. The predicted octanol–water partition coefficient (Wildman–Crippen LogP) is 0.637. The molecule has 1 amide bonds. The van der Waals surface area contributed by atoms with Gasteiger partial charge < -0.3 is 20.6 Å². The second-order valence-electron chi connectivity index (χ2n) is 6.99. The fourth-order valence-corrected chi connectivity index (χ4v) is 2.83. The number of anilines is 3. The fourth-order valence-electron chi connectivity index (χ4n) is 2.83. The van der Waals surface area contributed by atoms with E-state index >= 15 is 0 Å². The summed E-state index contributed by atoms with van der Waals surface area (Å²) >= 11 is 0. The number of nitrogens with one attached hydrogen (secondary N) is 2. The molecule has 0 fully saturated rings. The molecule has 3 aromatic rings. The van der Waals surface area contributed by atoms with Crippen LogP contribution in [0.5, 0.6) is 5.75 Å². The van der Waals surface area contributed by atoms with Gasteiger partial charge in [0, 0.05) is 34.7 Å². The molecule has 0 atom stereocenters. The third-order valence-electron chi connectivity index (χ3n) is 4.70. The van der Waals surface area contributed by atoms with E-state index in [1.807, 2.05) is 30.3 Å². The highest BCUT2D eigenvalue weighted by Gasteiger charge is 2.22. The molecule has 0 spiro atoms. The van der Waals surface area contributed by atoms with Crippen molar-refractivity contribution in [2.45, 2.75) is 6.54 Å². The number of aromatic nitrogens is 4. The minimum atomic E-state index is -0.540. The van der Waals surface area contributed by atoms with E-state index in [1.165, 1.54) is 37.8 Å². The molecule has 0 saturated heterocycles. The van der Waals surface area contributed by atoms with Crippen LogP contribution in [0, 0.1) is 0 Å². The number of rotatable bonds is 6. The van der Waals surface area contributed by atoms with Crippen molar-refractivity contribution in [3.8, 4) is 5.75 Å². The fraction of sp³-hybridized carbons (Fsp3) is 0.250. The second-order valence-corrected chi connectivity index (χ2v) is 6.99. The minimum absolute atomic E-state index is 0.00736. The summed E-state index contributed by atoms with van der Waals surface area (Å²) in [5.74, 6) is -1.24. The van der Waals surface area contributed by atoms with Crippen molar-refractivity contribution < 1.29 is 9.90 Å². The van der Waals surface area contributed by atoms with Gasteiger partial charge in [0.15, 0.2) is 17.3 Å². The number of nitrogens with zero attached hydrogens (tertiary/aromatic N) is 5. The van der Waals surface area contributed by atoms with Crippen LogP contribution in [0.1, 0.15) is 16.1 Å². The number of hydrogen-bond donors (Lipinski definition) is 3. The van der Waals surface area contributed by atoms with Crippen LogP contribution in [0.15, 0.2) is 46.2 Å². The van der Waals surface area contributed by atoms with Crippen molar-refractivity contribution >= 4 is 23.1 Å². The molecule has 162 valence electrons. The summed E-state index contributed by atoms with van der Waals surface area (Å²) < 4.78 is 2.30. The molecule has 0 aliphatic rings. The summed E-state index contributed by atoms with van der Waals surface area (Å²) in [6.07, 6.45) is 1.08. The van der Waals surface area contributed by atoms with E-state index in [0.717, 1.165) is 16.6 Å². The quantitative estimate of drug-likeness (QED) is 0.524. The second kappa shape index (κ2) is 8.69. The molecule has 0 saturated carbocycles. The molecule has 3 N–H and O–H groups in total. The van der Waals surface area contributed by atoms with E-state index in [-0.39, 0.29) is 29.4 Å². The maximum Gasteiger partial charge on any atom is 0.291 e. The van der Waals surface area contributed by atoms with E-state index in [4.69, 9.17) is 0 Å². The van der Waals surface area contributed by atoms with E-state index in [0.29, 0.717) is 0 Å². The van der Waals surface area contributed by atoms with Gasteiger partial charge in [0.25, 0.3) is 17.0 Å². The van der Waals surface area contributed by atoms with Crippen molar-refractivity contribution in [2.75, 3.05) is 24.7 Å². The molecule has 11 heteroatoms. The van der Waals surface area contributed by atoms with Gasteiger partial charge >= 0.3 is 0 Å². The van der Waals surface area contributed by atoms with Crippen LogP contribution in [-0.4, -0.2) is 49.3 Å². The van der Waals surface area contributed by atoms with Crippen molar-refractivity contribution in [2.24, 2.45) is 14.1 Å². The molecule has 0 aliphatic carbocycles. The van der Waals surface area contributed by atoms with Gasteiger partial charge in [-0.15, -0.1) is 0 Å². The van der Waals surface area contributed by atoms with Gasteiger partial charge in [-0.05, 0) is 5.56 Å². The first kappa shape index (κ1) is 21.6. The lowest BCUT2D eigenvalue weighted by atomic mass is 10.2. The Kier molecular flexibility index (Phi) is 6.05. The van der Waals surface area contributed by atoms with Crippen LogP contribution in [0.25, 0.3) is 0 Å². The summed E-state index contributed by atoms with van der Waals surface area (Å²) in [5, 5.41) is 16.2. The highest BCUT2D eigenvalue weighted by Crippen LogP contribution is 2.28. The first-order valence-corrected chi connectivity index (χ1v) is 9.33. The van der Waals surface area contributed by atoms with E-state index in [1.54, 1.807) is 0 Å². The Morgan fingerprint density at radius 3 is 2.26 bits per heavy atom. The molecule has 31 heavy (non-hydrogen) atoms. The SMILES string of the molecule is CN(C)C(=O)c1ncnc(Nc2c(NCc3ccccc3)c(=O)n(C)n(C)c2=O)c1O. The smallest absolute Gasteiger partial charge is 0.291 e. The molecule has 0 bridgehead atoms. The monoisotopic (exact) mass is 425 g/mol. The Hall–Kier alpha value is -4.15. The van der Waals surface area contributed by atoms with Crippen LogP contribution in [0.3, 0.4) is 0 Å². The summed E-state index contributed by atoms with van der Waals surface area (Å²) in [4.78, 5) is 47.0. The van der Waals surface area contributed by atoms with E-state index in [9.17, 15) is 19.5 Å². The Bertz CT molecular complexity index is 1230. The van der Waals surface area contributed by atoms with Gasteiger partial charge in [0.1, 0.15) is 17.7 Å². The van der Waals surface area contributed by atoms with Gasteiger partial charge in [0.05, 0.1) is 0 Å². The van der Waals surface area contributed by atoms with Gasteiger partial charge in [-0.25, -0.2) is 19.3 Å². The summed E-state index contributed by atoms with van der Waals surface area (Å²) in [5.41, 5.74) is -0.427. The Morgan fingerprint density at radius 1 is 1.03 bits per heavy atom. The summed E-state index contributed by atoms with van der Waals surface area (Å²) in [6, 6.07) is 9.35. The molecule has 1 aromatic carbocycles. The molecular formula is C20H23N7O4. The molecule has 0 aliphatic heterocycles. The largest absolute Gasteiger partial charge is 0.503 e. The molecule has 0 unspecified atom stereocenters. The van der Waals surface area contributed by atoms with Crippen LogP contribution < -0.4 is 21.8 Å². The molecule has 3 rings (SSSR count). The lowest BCUT2D eigenvalue weighted by molar-refractivity contribution is 0.0818. The Balaban J connectivity index is 2.07. The molecule has 2 aromatic heterocycles. The van der Waals surface area contributed by atoms with E-state index < -0.39 is 22.8 Å². The standard InChI is InChI=1S/C20H23N7O4/c1-25(2)18(29)15-16(28)17(23-11-22-15)24-14-13(19(30)26(3)27(4)20(14)31)21-10-12-8-6-5-7-9-12/h5-9,11,21,28H,10H2,1-4H3,(H,22,23,24). The van der Waals surface area contributed by atoms with Crippen LogP contribution in [-0.2, 0) is 20.6 Å². The van der Waals surface area contributed by atoms with Gasteiger partial charge in [-0.2, -0.15) is 0 Å². The Labute approximate surface area is 177 Å². The number of aromatic hydroxyl groups is 1. The van der Waals surface area contributed by atoms with Crippen molar-refractivity contribution in [3.05, 3.63) is 68.6 Å². The van der Waals surface area contributed by atoms with Crippen LogP contribution in [0.4, 0.5) is 17.2 Å². The number of hydrogen-bond acceptors (Lipinski definition) is 8. The first-order chi connectivity index (χ1) is 14.7. The highest BCUT2D eigenvalue weighted by molar-refractivity contribution is 5.96. The van der Waals surface area contributed by atoms with Gasteiger partial charge in [-0.1, -0.05) is 30.3 Å². The Morgan fingerprint density at radius 2 is 1.65 bits per heavy atom.